The summed E-state index contributed by atoms with van der Waals surface area (Å²) in [5.74, 6) is -7.39. The first-order chi connectivity index (χ1) is 34.4. The van der Waals surface area contributed by atoms with Crippen LogP contribution in [0.25, 0.3) is 50.0 Å². The van der Waals surface area contributed by atoms with Gasteiger partial charge in [-0.25, -0.2) is 0 Å². The van der Waals surface area contributed by atoms with Gasteiger partial charge in [-0.2, -0.15) is 4.57 Å². The fourth-order valence-corrected chi connectivity index (χ4v) is 15.0. The lowest BCUT2D eigenvalue weighted by Crippen LogP contribution is -2.73. The highest BCUT2D eigenvalue weighted by molar-refractivity contribution is 6.11. The molecular weight excluding hydrogens is 905 g/mol. The Hall–Kier alpha value is -8.39. The Morgan fingerprint density at radius 3 is 1.82 bits per heavy atom. The maximum Gasteiger partial charge on any atom is 0.246 e. The van der Waals surface area contributed by atoms with E-state index in [9.17, 15) is 51.1 Å². The number of hydrogen-bond acceptors (Lipinski definition) is 12. The number of phenolic OH excluding ortho intramolecular Hbond substituents is 10. The van der Waals surface area contributed by atoms with Gasteiger partial charge in [-0.3, -0.25) is 0 Å². The fraction of sp³-hybridized carbons (Fsp3) is 0.246. The van der Waals surface area contributed by atoms with Gasteiger partial charge in [-0.1, -0.05) is 73.5 Å². The highest BCUT2D eigenvalue weighted by Crippen LogP contribution is 2.72. The van der Waals surface area contributed by atoms with E-state index in [1.165, 1.54) is 24.6 Å². The van der Waals surface area contributed by atoms with Crippen molar-refractivity contribution in [1.82, 2.24) is 4.57 Å². The molecule has 14 heteroatoms. The van der Waals surface area contributed by atoms with Crippen LogP contribution < -0.4 is 14.0 Å². The monoisotopic (exact) mass is 951 g/mol. The molecule has 0 amide bonds. The number of pyridine rings is 1. The number of rotatable bonds is 5. The summed E-state index contributed by atoms with van der Waals surface area (Å²) >= 11 is 0. The van der Waals surface area contributed by atoms with Crippen molar-refractivity contribution >= 4 is 10.9 Å². The summed E-state index contributed by atoms with van der Waals surface area (Å²) in [7, 11) is 0. The maximum atomic E-state index is 11.8. The minimum absolute atomic E-state index is 0.0526. The van der Waals surface area contributed by atoms with Crippen LogP contribution in [0.2, 0.25) is 0 Å². The van der Waals surface area contributed by atoms with Crippen molar-refractivity contribution in [2.75, 3.05) is 0 Å². The van der Waals surface area contributed by atoms with Crippen molar-refractivity contribution in [1.29, 1.82) is 0 Å². The molecule has 0 saturated heterocycles. The van der Waals surface area contributed by atoms with Gasteiger partial charge in [0, 0.05) is 28.6 Å². The SMILES string of the molecule is Oc1c(O)c(O)c(-c2cccc(-c3c(O)c(O)c(O)c(O)c3O)c2-c2c3n(c4ccccc24)-c2cccc4c2C32C3C(CCC5C6CCCCC6C(c6cc(Oc7ccccc7)cc[n+]62)C53)O4)c(O)c1O. The zero-order valence-electron chi connectivity index (χ0n) is 37.9. The Balaban J connectivity index is 1.18. The lowest BCUT2D eigenvalue weighted by Gasteiger charge is -2.53. The zero-order valence-corrected chi connectivity index (χ0v) is 37.9. The number of ether oxygens (including phenoxy) is 2. The average Bonchev–Trinajstić information content (AvgIpc) is 4.04. The first-order valence-electron chi connectivity index (χ1n) is 24.2. The predicted molar refractivity (Wildman–Crippen MR) is 258 cm³/mol. The van der Waals surface area contributed by atoms with Crippen LogP contribution in [-0.2, 0) is 5.54 Å². The summed E-state index contributed by atoms with van der Waals surface area (Å²) in [5.41, 5.74) is 2.71. The largest absolute Gasteiger partial charge is 0.504 e. The van der Waals surface area contributed by atoms with E-state index in [1.54, 1.807) is 0 Å². The average molecular weight is 952 g/mol. The highest BCUT2D eigenvalue weighted by atomic mass is 16.5. The van der Waals surface area contributed by atoms with Gasteiger partial charge in [0.05, 0.1) is 39.7 Å². The molecule has 3 fully saturated rings. The molecule has 14 nitrogen and oxygen atoms in total. The Morgan fingerprint density at radius 2 is 1.14 bits per heavy atom. The third kappa shape index (κ3) is 5.08. The standard InChI is InChI=1S/C57H46N2O12/c60-46-42(47(61)51(65)54(68)50(46)64)31-15-8-16-32(43-48(62)52(66)55(69)53(67)49(43)63)38(31)41-30-14-6-7-17-33(30)59-34-18-9-19-36-44(34)57(56(41)59)45-37(71-36)21-20-29-27-12-4-5-13-28(27)39(40(29)45)35-24-26(22-23-58(35)57)70-25-10-2-1-3-11-25/h1-3,6-11,14-19,22-24,27-29,37,39-40,45H,4-5,12-13,20-21H2,(H9-,60,61,62,63,64,65,66,67,68,69)/p+1. The Kier molecular flexibility index (Phi) is 8.40. The lowest BCUT2D eigenvalue weighted by atomic mass is 9.54. The highest BCUT2D eigenvalue weighted by Gasteiger charge is 2.76. The van der Waals surface area contributed by atoms with Crippen LogP contribution in [0.5, 0.6) is 74.7 Å². The van der Waals surface area contributed by atoms with Gasteiger partial charge in [-0.05, 0) is 90.8 Å². The molecule has 5 heterocycles. The van der Waals surface area contributed by atoms with Crippen LogP contribution in [0.1, 0.15) is 61.4 Å². The number of benzene rings is 6. The molecule has 3 saturated carbocycles. The van der Waals surface area contributed by atoms with Gasteiger partial charge < -0.3 is 65.1 Å². The molecule has 8 unspecified atom stereocenters. The number of para-hydroxylation sites is 2. The predicted octanol–water partition coefficient (Wildman–Crippen LogP) is 10.2. The Morgan fingerprint density at radius 1 is 0.535 bits per heavy atom. The van der Waals surface area contributed by atoms with Crippen LogP contribution in [0.4, 0.5) is 0 Å². The van der Waals surface area contributed by atoms with Crippen molar-refractivity contribution in [3.63, 3.8) is 0 Å². The van der Waals surface area contributed by atoms with Crippen LogP contribution in [0.15, 0.2) is 109 Å². The molecule has 0 radical (unpaired) electrons. The fourth-order valence-electron chi connectivity index (χ4n) is 15.0. The molecule has 6 aliphatic rings. The third-order valence-corrected chi connectivity index (χ3v) is 17.3. The van der Waals surface area contributed by atoms with E-state index in [4.69, 9.17) is 9.47 Å². The number of aromatic nitrogens is 2. The summed E-state index contributed by atoms with van der Waals surface area (Å²) < 4.78 is 18.6. The second-order valence-electron chi connectivity index (χ2n) is 20.2. The van der Waals surface area contributed by atoms with Gasteiger partial charge in [0.15, 0.2) is 34.9 Å². The van der Waals surface area contributed by atoms with Crippen LogP contribution in [0, 0.1) is 29.6 Å². The Labute approximate surface area is 405 Å². The van der Waals surface area contributed by atoms with Gasteiger partial charge in [0.2, 0.25) is 40.0 Å². The number of hydrogen-bond donors (Lipinski definition) is 10. The van der Waals surface area contributed by atoms with Crippen LogP contribution in [0.3, 0.4) is 0 Å². The van der Waals surface area contributed by atoms with Crippen LogP contribution in [-0.4, -0.2) is 61.7 Å². The van der Waals surface area contributed by atoms with Crippen molar-refractivity contribution in [2.24, 2.45) is 29.6 Å². The molecule has 3 aliphatic heterocycles. The molecule has 2 aromatic heterocycles. The van der Waals surface area contributed by atoms with E-state index in [-0.39, 0.29) is 40.5 Å². The normalized spacial score (nSPS) is 24.9. The molecule has 8 aromatic rings. The summed E-state index contributed by atoms with van der Waals surface area (Å²) in [6.07, 6.45) is 8.20. The number of fused-ring (bicyclic) bond motifs is 9. The number of aromatic hydroxyl groups is 10. The number of phenols is 10. The summed E-state index contributed by atoms with van der Waals surface area (Å²) in [6, 6.07) is 32.1. The first-order valence-corrected chi connectivity index (χ1v) is 24.2. The van der Waals surface area contributed by atoms with E-state index < -0.39 is 74.2 Å². The summed E-state index contributed by atoms with van der Waals surface area (Å²) in [5, 5.41) is 114. The minimum Gasteiger partial charge on any atom is -0.504 e. The topological polar surface area (TPSA) is 230 Å². The zero-order chi connectivity index (χ0) is 48.5. The van der Waals surface area contributed by atoms with Gasteiger partial charge in [-0.15, -0.1) is 0 Å². The van der Waals surface area contributed by atoms with Crippen LogP contribution >= 0.6 is 0 Å². The van der Waals surface area contributed by atoms with Crippen molar-refractivity contribution in [3.8, 4) is 114 Å². The summed E-state index contributed by atoms with van der Waals surface area (Å²) in [6.45, 7) is 0. The molecular formula is C57H47N2O12+. The molecule has 8 atom stereocenters. The summed E-state index contributed by atoms with van der Waals surface area (Å²) in [4.78, 5) is 0. The van der Waals surface area contributed by atoms with Gasteiger partial charge in [0.25, 0.3) is 0 Å². The van der Waals surface area contributed by atoms with E-state index >= 15 is 0 Å². The lowest BCUT2D eigenvalue weighted by molar-refractivity contribution is -0.771. The minimum atomic E-state index is -1.17. The first kappa shape index (κ1) is 41.6. The smallest absolute Gasteiger partial charge is 0.246 e. The van der Waals surface area contributed by atoms with E-state index in [0.29, 0.717) is 46.0 Å². The molecule has 0 bridgehead atoms. The van der Waals surface area contributed by atoms with Crippen molar-refractivity contribution < 1.29 is 65.1 Å². The second-order valence-corrected chi connectivity index (χ2v) is 20.2. The van der Waals surface area contributed by atoms with Crippen molar-refractivity contribution in [3.05, 3.63) is 126 Å². The third-order valence-electron chi connectivity index (χ3n) is 17.3. The maximum absolute atomic E-state index is 11.8. The van der Waals surface area contributed by atoms with Crippen molar-refractivity contribution in [2.45, 2.75) is 56.1 Å². The van der Waals surface area contributed by atoms with Gasteiger partial charge in [0.1, 0.15) is 29.0 Å². The molecule has 10 N–H and O–H groups in total. The molecule has 1 spiro atoms. The molecule has 356 valence electrons. The molecule has 14 rings (SSSR count). The Bertz CT molecular complexity index is 3500. The van der Waals surface area contributed by atoms with Gasteiger partial charge >= 0.3 is 0 Å². The van der Waals surface area contributed by atoms with E-state index in [0.717, 1.165) is 60.3 Å². The second kappa shape index (κ2) is 14.3. The molecule has 6 aromatic carbocycles. The number of nitrogens with zero attached hydrogens (tertiary/aromatic N) is 2. The molecule has 3 aliphatic carbocycles. The molecule has 71 heavy (non-hydrogen) atoms. The van der Waals surface area contributed by atoms with E-state index in [2.05, 4.69) is 27.5 Å². The van der Waals surface area contributed by atoms with E-state index in [1.807, 2.05) is 72.8 Å². The quantitative estimate of drug-likeness (QED) is 0.0442.